The molecule has 2 aromatic heterocycles. The number of para-hydroxylation sites is 1. The van der Waals surface area contributed by atoms with Crippen LogP contribution in [0.15, 0.2) is 30.5 Å². The van der Waals surface area contributed by atoms with Crippen molar-refractivity contribution in [3.63, 3.8) is 0 Å². The number of likely N-dealkylation sites (N-methyl/N-ethyl adjacent to an activating group) is 1. The van der Waals surface area contributed by atoms with E-state index in [2.05, 4.69) is 37.4 Å². The fraction of sp³-hybridized carbons (Fsp3) is 0.278. The maximum absolute atomic E-state index is 12.6. The Hall–Kier alpha value is -3.13. The lowest BCUT2D eigenvalue weighted by atomic mass is 10.2. The Labute approximate surface area is 150 Å². The van der Waals surface area contributed by atoms with Crippen LogP contribution in [0.2, 0.25) is 0 Å². The van der Waals surface area contributed by atoms with Crippen LogP contribution in [0.5, 0.6) is 5.75 Å². The molecule has 0 saturated heterocycles. The third kappa shape index (κ3) is 2.95. The fourth-order valence-electron chi connectivity index (χ4n) is 3.13. The van der Waals surface area contributed by atoms with E-state index in [1.807, 2.05) is 6.07 Å². The minimum absolute atomic E-state index is 0.263. The van der Waals surface area contributed by atoms with Crippen molar-refractivity contribution >= 4 is 11.6 Å². The Bertz CT molecular complexity index is 945. The molecule has 3 heterocycles. The summed E-state index contributed by atoms with van der Waals surface area (Å²) in [5.74, 6) is 0.936. The summed E-state index contributed by atoms with van der Waals surface area (Å²) in [6, 6.07) is 7.09. The number of fused-ring (bicyclic) bond motifs is 1. The lowest BCUT2D eigenvalue weighted by Gasteiger charge is -2.20. The summed E-state index contributed by atoms with van der Waals surface area (Å²) in [6.45, 7) is 1.82. The molecule has 0 atom stereocenters. The van der Waals surface area contributed by atoms with Gasteiger partial charge in [0.05, 0.1) is 35.9 Å². The average Bonchev–Trinajstić information content (AvgIpc) is 3.27. The number of H-pyrrole nitrogens is 2. The summed E-state index contributed by atoms with van der Waals surface area (Å²) < 4.78 is 5.26. The number of amides is 1. The van der Waals surface area contributed by atoms with Gasteiger partial charge in [0.15, 0.2) is 5.82 Å². The molecule has 0 unspecified atom stereocenters. The van der Waals surface area contributed by atoms with Crippen molar-refractivity contribution in [3.8, 4) is 17.3 Å². The van der Waals surface area contributed by atoms with Crippen molar-refractivity contribution in [2.75, 3.05) is 26.0 Å². The molecule has 0 fully saturated rings. The molecule has 134 valence electrons. The van der Waals surface area contributed by atoms with Crippen LogP contribution in [-0.2, 0) is 13.0 Å². The van der Waals surface area contributed by atoms with E-state index >= 15 is 0 Å². The molecule has 3 aromatic rings. The zero-order chi connectivity index (χ0) is 18.1. The monoisotopic (exact) mass is 352 g/mol. The van der Waals surface area contributed by atoms with Crippen molar-refractivity contribution in [3.05, 3.63) is 47.4 Å². The number of hydrogen-bond donors (Lipinski definition) is 3. The Kier molecular flexibility index (Phi) is 4.18. The number of imidazole rings is 1. The Morgan fingerprint density at radius 2 is 2.19 bits per heavy atom. The summed E-state index contributed by atoms with van der Waals surface area (Å²) >= 11 is 0. The Balaban J connectivity index is 1.61. The van der Waals surface area contributed by atoms with Crippen molar-refractivity contribution in [1.82, 2.24) is 25.1 Å². The summed E-state index contributed by atoms with van der Waals surface area (Å²) in [5, 5.41) is 9.88. The van der Waals surface area contributed by atoms with Gasteiger partial charge in [0, 0.05) is 19.5 Å². The highest BCUT2D eigenvalue weighted by molar-refractivity contribution is 6.07. The first-order valence-electron chi connectivity index (χ1n) is 8.40. The number of nitrogens with one attached hydrogen (secondary N) is 3. The molecule has 0 radical (unpaired) electrons. The highest BCUT2D eigenvalue weighted by atomic mass is 16.5. The van der Waals surface area contributed by atoms with Crippen LogP contribution in [-0.4, -0.2) is 51.7 Å². The predicted octanol–water partition coefficient (Wildman–Crippen LogP) is 2.05. The van der Waals surface area contributed by atoms with E-state index in [0.717, 1.165) is 30.9 Å². The first kappa shape index (κ1) is 16.3. The molecule has 0 aliphatic carbocycles. The van der Waals surface area contributed by atoms with Crippen molar-refractivity contribution < 1.29 is 9.53 Å². The van der Waals surface area contributed by atoms with E-state index in [1.165, 1.54) is 0 Å². The number of aromatic amines is 2. The molecule has 8 heteroatoms. The topological polar surface area (TPSA) is 98.9 Å². The van der Waals surface area contributed by atoms with Gasteiger partial charge in [-0.05, 0) is 19.2 Å². The highest BCUT2D eigenvalue weighted by Crippen LogP contribution is 2.27. The maximum atomic E-state index is 12.6. The van der Waals surface area contributed by atoms with Gasteiger partial charge in [-0.25, -0.2) is 4.98 Å². The predicted molar refractivity (Wildman–Crippen MR) is 97.2 cm³/mol. The van der Waals surface area contributed by atoms with Gasteiger partial charge in [0.1, 0.15) is 11.4 Å². The van der Waals surface area contributed by atoms with Crippen LogP contribution in [0.25, 0.3) is 11.5 Å². The number of carbonyl (C=O) groups excluding carboxylic acids is 1. The highest BCUT2D eigenvalue weighted by Gasteiger charge is 2.21. The van der Waals surface area contributed by atoms with E-state index in [1.54, 1.807) is 31.5 Å². The number of hydrogen-bond acceptors (Lipinski definition) is 5. The first-order valence-corrected chi connectivity index (χ1v) is 8.40. The molecule has 3 N–H and O–H groups in total. The quantitative estimate of drug-likeness (QED) is 0.667. The number of aromatic nitrogens is 4. The zero-order valence-electron chi connectivity index (χ0n) is 14.7. The van der Waals surface area contributed by atoms with Gasteiger partial charge in [-0.3, -0.25) is 9.89 Å². The van der Waals surface area contributed by atoms with E-state index < -0.39 is 0 Å². The SMILES string of the molecule is COc1ccccc1C(=O)Nc1cn[nH]c1-c1nc2c([nH]1)CN(C)CC2. The van der Waals surface area contributed by atoms with E-state index in [-0.39, 0.29) is 5.91 Å². The van der Waals surface area contributed by atoms with Crippen LogP contribution < -0.4 is 10.1 Å². The molecule has 0 spiro atoms. The summed E-state index contributed by atoms with van der Waals surface area (Å²) in [7, 11) is 3.62. The van der Waals surface area contributed by atoms with Crippen LogP contribution in [0, 0.1) is 0 Å². The second-order valence-electron chi connectivity index (χ2n) is 6.31. The number of carbonyl (C=O) groups is 1. The molecule has 1 aliphatic rings. The van der Waals surface area contributed by atoms with Crippen LogP contribution in [0.3, 0.4) is 0 Å². The third-order valence-electron chi connectivity index (χ3n) is 4.50. The van der Waals surface area contributed by atoms with Gasteiger partial charge in [0.25, 0.3) is 5.91 Å². The fourth-order valence-corrected chi connectivity index (χ4v) is 3.13. The number of ether oxygens (including phenoxy) is 1. The van der Waals surface area contributed by atoms with Gasteiger partial charge < -0.3 is 19.9 Å². The third-order valence-corrected chi connectivity index (χ3v) is 4.50. The van der Waals surface area contributed by atoms with Gasteiger partial charge in [0.2, 0.25) is 0 Å². The minimum Gasteiger partial charge on any atom is -0.496 e. The molecule has 0 bridgehead atoms. The first-order chi connectivity index (χ1) is 12.7. The van der Waals surface area contributed by atoms with Crippen LogP contribution in [0.1, 0.15) is 21.7 Å². The Morgan fingerprint density at radius 1 is 1.35 bits per heavy atom. The second kappa shape index (κ2) is 6.64. The summed E-state index contributed by atoms with van der Waals surface area (Å²) in [5.41, 5.74) is 3.85. The largest absolute Gasteiger partial charge is 0.496 e. The molecule has 0 saturated carbocycles. The van der Waals surface area contributed by atoms with E-state index in [9.17, 15) is 4.79 Å². The molecule has 1 aliphatic heterocycles. The maximum Gasteiger partial charge on any atom is 0.259 e. The van der Waals surface area contributed by atoms with Gasteiger partial charge in [-0.15, -0.1) is 0 Å². The average molecular weight is 352 g/mol. The smallest absolute Gasteiger partial charge is 0.259 e. The van der Waals surface area contributed by atoms with Gasteiger partial charge >= 0.3 is 0 Å². The van der Waals surface area contributed by atoms with E-state index in [0.29, 0.717) is 28.5 Å². The molecular formula is C18H20N6O2. The van der Waals surface area contributed by atoms with Crippen molar-refractivity contribution in [2.24, 2.45) is 0 Å². The zero-order valence-corrected chi connectivity index (χ0v) is 14.7. The van der Waals surface area contributed by atoms with Gasteiger partial charge in [-0.2, -0.15) is 5.10 Å². The number of benzene rings is 1. The van der Waals surface area contributed by atoms with E-state index in [4.69, 9.17) is 4.74 Å². The Morgan fingerprint density at radius 3 is 3.04 bits per heavy atom. The molecule has 1 aromatic carbocycles. The number of methoxy groups -OCH3 is 1. The van der Waals surface area contributed by atoms with Gasteiger partial charge in [-0.1, -0.05) is 12.1 Å². The van der Waals surface area contributed by atoms with Crippen molar-refractivity contribution in [1.29, 1.82) is 0 Å². The summed E-state index contributed by atoms with van der Waals surface area (Å²) in [6.07, 6.45) is 2.48. The number of nitrogens with zero attached hydrogens (tertiary/aromatic N) is 3. The van der Waals surface area contributed by atoms with Crippen LogP contribution >= 0.6 is 0 Å². The molecule has 1 amide bonds. The summed E-state index contributed by atoms with van der Waals surface area (Å²) in [4.78, 5) is 22.9. The lowest BCUT2D eigenvalue weighted by molar-refractivity contribution is 0.102. The van der Waals surface area contributed by atoms with Crippen molar-refractivity contribution in [2.45, 2.75) is 13.0 Å². The standard InChI is InChI=1S/C18H20N6O2/c1-24-8-7-12-14(10-24)21-17(20-12)16-13(9-19-23-16)22-18(25)11-5-3-4-6-15(11)26-2/h3-6,9H,7-8,10H2,1-2H3,(H,19,23)(H,20,21)(H,22,25). The molecule has 8 nitrogen and oxygen atoms in total. The second-order valence-corrected chi connectivity index (χ2v) is 6.31. The number of anilines is 1. The molecule has 26 heavy (non-hydrogen) atoms. The molecular weight excluding hydrogens is 332 g/mol. The number of rotatable bonds is 4. The minimum atomic E-state index is -0.263. The normalized spacial score (nSPS) is 14.1. The lowest BCUT2D eigenvalue weighted by Crippen LogP contribution is -2.26. The molecule has 4 rings (SSSR count). The van der Waals surface area contributed by atoms with Crippen LogP contribution in [0.4, 0.5) is 5.69 Å².